The van der Waals surface area contributed by atoms with Gasteiger partial charge in [0.2, 0.25) is 0 Å². The molecule has 1 heterocycles. The molecule has 2 rings (SSSR count). The van der Waals surface area contributed by atoms with Crippen molar-refractivity contribution < 1.29 is 0 Å². The Bertz CT molecular complexity index is 536. The van der Waals surface area contributed by atoms with Crippen molar-refractivity contribution in [1.82, 2.24) is 9.97 Å². The van der Waals surface area contributed by atoms with Gasteiger partial charge >= 0.3 is 0 Å². The van der Waals surface area contributed by atoms with E-state index < -0.39 is 0 Å². The molecule has 1 N–H and O–H groups in total. The number of benzene rings is 1. The zero-order valence-electron chi connectivity index (χ0n) is 9.71. The molecule has 1 aromatic carbocycles. The smallest absolute Gasteiger partial charge is 0.182 e. The fraction of sp³-hybridized carbons (Fsp3) is 0.154. The molecule has 0 amide bonds. The lowest BCUT2D eigenvalue weighted by Crippen LogP contribution is -2.07. The van der Waals surface area contributed by atoms with Crippen LogP contribution < -0.4 is 5.32 Å². The van der Waals surface area contributed by atoms with Crippen molar-refractivity contribution in [3.05, 3.63) is 48.4 Å². The molecule has 90 valence electrons. The first kappa shape index (κ1) is 12.4. The molecule has 0 saturated heterocycles. The highest BCUT2D eigenvalue weighted by Gasteiger charge is 2.02. The normalized spacial score (nSPS) is 9.72. The van der Waals surface area contributed by atoms with Gasteiger partial charge in [0.25, 0.3) is 0 Å². The summed E-state index contributed by atoms with van der Waals surface area (Å²) in [6, 6.07) is 12.2. The number of thioether (sulfide) groups is 1. The summed E-state index contributed by atoms with van der Waals surface area (Å²) in [4.78, 5) is 9.27. The largest absolute Gasteiger partial charge is 0.367 e. The second-order valence-electron chi connectivity index (χ2n) is 3.45. The first-order valence-corrected chi connectivity index (χ1v) is 6.51. The van der Waals surface area contributed by atoms with Crippen LogP contribution in [0.5, 0.6) is 0 Å². The fourth-order valence-corrected chi connectivity index (χ4v) is 2.19. The molecule has 0 aliphatic carbocycles. The van der Waals surface area contributed by atoms with Crippen molar-refractivity contribution in [2.75, 3.05) is 17.6 Å². The molecule has 4 nitrogen and oxygen atoms in total. The van der Waals surface area contributed by atoms with Crippen molar-refractivity contribution in [3.63, 3.8) is 0 Å². The van der Waals surface area contributed by atoms with Gasteiger partial charge in [-0.05, 0) is 12.1 Å². The van der Waals surface area contributed by atoms with Crippen LogP contribution in [0.25, 0.3) is 0 Å². The number of aromatic nitrogens is 2. The molecule has 0 aliphatic rings. The third-order valence-corrected chi connectivity index (χ3v) is 3.22. The maximum atomic E-state index is 8.86. The minimum Gasteiger partial charge on any atom is -0.367 e. The summed E-state index contributed by atoms with van der Waals surface area (Å²) in [5, 5.41) is 12.0. The average Bonchev–Trinajstić information content (AvgIpc) is 2.45. The lowest BCUT2D eigenvalue weighted by molar-refractivity contribution is 1.11. The van der Waals surface area contributed by atoms with Gasteiger partial charge in [-0.1, -0.05) is 18.2 Å². The van der Waals surface area contributed by atoms with E-state index in [9.17, 15) is 0 Å². The van der Waals surface area contributed by atoms with Gasteiger partial charge in [-0.3, -0.25) is 0 Å². The van der Waals surface area contributed by atoms with Crippen LogP contribution >= 0.6 is 11.8 Å². The molecule has 0 aliphatic heterocycles. The predicted molar refractivity (Wildman–Crippen MR) is 72.4 cm³/mol. The van der Waals surface area contributed by atoms with E-state index in [1.54, 1.807) is 18.0 Å². The highest BCUT2D eigenvalue weighted by atomic mass is 32.2. The highest BCUT2D eigenvalue weighted by molar-refractivity contribution is 7.99. The van der Waals surface area contributed by atoms with E-state index in [0.29, 0.717) is 11.5 Å². The van der Waals surface area contributed by atoms with Crippen molar-refractivity contribution >= 4 is 17.6 Å². The summed E-state index contributed by atoms with van der Waals surface area (Å²) in [7, 11) is 0. The minimum atomic E-state index is 0.335. The minimum absolute atomic E-state index is 0.335. The van der Waals surface area contributed by atoms with Gasteiger partial charge in [0.05, 0.1) is 0 Å². The fourth-order valence-electron chi connectivity index (χ4n) is 1.40. The number of nitrogens with zero attached hydrogens (tertiary/aromatic N) is 3. The molecule has 2 aromatic rings. The Hall–Kier alpha value is -2.06. The first-order valence-electron chi connectivity index (χ1n) is 5.53. The Labute approximate surface area is 110 Å². The van der Waals surface area contributed by atoms with Gasteiger partial charge in [0, 0.05) is 29.6 Å². The van der Waals surface area contributed by atoms with Gasteiger partial charge < -0.3 is 5.32 Å². The zero-order valence-corrected chi connectivity index (χ0v) is 10.5. The lowest BCUT2D eigenvalue weighted by Gasteiger charge is -2.05. The van der Waals surface area contributed by atoms with Crippen LogP contribution in [0.2, 0.25) is 0 Å². The Morgan fingerprint density at radius 3 is 2.72 bits per heavy atom. The summed E-state index contributed by atoms with van der Waals surface area (Å²) in [5.74, 6) is 1.46. The Morgan fingerprint density at radius 1 is 1.17 bits per heavy atom. The second kappa shape index (κ2) is 6.62. The summed E-state index contributed by atoms with van der Waals surface area (Å²) in [6.07, 6.45) is 3.09. The van der Waals surface area contributed by atoms with Gasteiger partial charge in [0.1, 0.15) is 6.07 Å². The van der Waals surface area contributed by atoms with Crippen molar-refractivity contribution in [1.29, 1.82) is 5.26 Å². The van der Waals surface area contributed by atoms with Crippen LogP contribution in [0.15, 0.2) is 47.6 Å². The number of hydrogen-bond acceptors (Lipinski definition) is 5. The third-order valence-electron chi connectivity index (χ3n) is 2.21. The zero-order chi connectivity index (χ0) is 12.6. The molecule has 0 fully saturated rings. The summed E-state index contributed by atoms with van der Waals surface area (Å²) >= 11 is 1.76. The predicted octanol–water partition coefficient (Wildman–Crippen LogP) is 2.55. The Kier molecular flexibility index (Phi) is 4.56. The number of hydrogen-bond donors (Lipinski definition) is 1. The standard InChI is InChI=1S/C13H12N4S/c14-10-12-13(16-7-6-15-12)17-8-9-18-11-4-2-1-3-5-11/h1-7H,8-9H2,(H,16,17). The lowest BCUT2D eigenvalue weighted by atomic mass is 10.4. The van der Waals surface area contributed by atoms with Crippen molar-refractivity contribution in [2.24, 2.45) is 0 Å². The molecular weight excluding hydrogens is 244 g/mol. The van der Waals surface area contributed by atoms with E-state index in [-0.39, 0.29) is 0 Å². The molecule has 0 radical (unpaired) electrons. The number of rotatable bonds is 5. The maximum absolute atomic E-state index is 8.86. The molecule has 0 unspecified atom stereocenters. The molecule has 0 spiro atoms. The highest BCUT2D eigenvalue weighted by Crippen LogP contribution is 2.16. The van der Waals surface area contributed by atoms with Crippen molar-refractivity contribution in [3.8, 4) is 6.07 Å². The summed E-state index contributed by atoms with van der Waals surface area (Å²) in [6.45, 7) is 0.743. The first-order chi connectivity index (χ1) is 8.90. The van der Waals surface area contributed by atoms with Gasteiger partial charge in [-0.25, -0.2) is 9.97 Å². The van der Waals surface area contributed by atoms with E-state index in [1.807, 2.05) is 24.3 Å². The quantitative estimate of drug-likeness (QED) is 0.658. The van der Waals surface area contributed by atoms with Crippen LogP contribution in [-0.2, 0) is 0 Å². The molecule has 1 aromatic heterocycles. The van der Waals surface area contributed by atoms with E-state index in [2.05, 4.69) is 27.4 Å². The topological polar surface area (TPSA) is 61.6 Å². The molecule has 0 saturated carbocycles. The molecular formula is C13H12N4S. The number of nitrogens with one attached hydrogen (secondary N) is 1. The van der Waals surface area contributed by atoms with Crippen molar-refractivity contribution in [2.45, 2.75) is 4.90 Å². The third kappa shape index (κ3) is 3.47. The molecule has 0 bridgehead atoms. The van der Waals surface area contributed by atoms with Gasteiger partial charge in [0.15, 0.2) is 11.5 Å². The molecule has 18 heavy (non-hydrogen) atoms. The maximum Gasteiger partial charge on any atom is 0.182 e. The van der Waals surface area contributed by atoms with Crippen LogP contribution in [0.1, 0.15) is 5.69 Å². The summed E-state index contributed by atoms with van der Waals surface area (Å²) in [5.41, 5.74) is 0.335. The summed E-state index contributed by atoms with van der Waals surface area (Å²) < 4.78 is 0. The van der Waals surface area contributed by atoms with Crippen LogP contribution in [0.4, 0.5) is 5.82 Å². The van der Waals surface area contributed by atoms with E-state index in [1.165, 1.54) is 11.1 Å². The van der Waals surface area contributed by atoms with Crippen LogP contribution in [0.3, 0.4) is 0 Å². The van der Waals surface area contributed by atoms with E-state index >= 15 is 0 Å². The Morgan fingerprint density at radius 2 is 1.94 bits per heavy atom. The SMILES string of the molecule is N#Cc1nccnc1NCCSc1ccccc1. The molecule has 5 heteroatoms. The van der Waals surface area contributed by atoms with Gasteiger partial charge in [-0.2, -0.15) is 5.26 Å². The monoisotopic (exact) mass is 256 g/mol. The second-order valence-corrected chi connectivity index (χ2v) is 4.62. The van der Waals surface area contributed by atoms with E-state index in [0.717, 1.165) is 12.3 Å². The van der Waals surface area contributed by atoms with E-state index in [4.69, 9.17) is 5.26 Å². The van der Waals surface area contributed by atoms with Crippen LogP contribution in [-0.4, -0.2) is 22.3 Å². The van der Waals surface area contributed by atoms with Gasteiger partial charge in [-0.15, -0.1) is 11.8 Å². The molecule has 0 atom stereocenters. The number of nitriles is 1. The average molecular weight is 256 g/mol. The van der Waals surface area contributed by atoms with Crippen LogP contribution in [0, 0.1) is 11.3 Å². The Balaban J connectivity index is 1.81. The number of anilines is 1.